The third-order valence-electron chi connectivity index (χ3n) is 3.67. The topological polar surface area (TPSA) is 33.0 Å². The highest BCUT2D eigenvalue weighted by Gasteiger charge is 2.22. The molecular weight excluding hydrogens is 246 g/mol. The first-order valence-corrected chi connectivity index (χ1v) is 6.97. The van der Waals surface area contributed by atoms with Crippen molar-refractivity contribution in [2.45, 2.75) is 45.1 Å². The maximum absolute atomic E-state index is 9.08. The van der Waals surface area contributed by atoms with Gasteiger partial charge in [-0.15, -0.1) is 0 Å². The second-order valence-electron chi connectivity index (χ2n) is 4.93. The van der Waals surface area contributed by atoms with Gasteiger partial charge in [0.25, 0.3) is 0 Å². The third kappa shape index (κ3) is 3.17. The Hall–Kier alpha value is -1.20. The van der Waals surface area contributed by atoms with Gasteiger partial charge in [-0.2, -0.15) is 5.26 Å². The van der Waals surface area contributed by atoms with Gasteiger partial charge in [-0.25, -0.2) is 0 Å². The molecule has 2 rings (SSSR count). The average Bonchev–Trinajstić information content (AvgIpc) is 2.41. The van der Waals surface area contributed by atoms with Gasteiger partial charge in [0.1, 0.15) is 11.8 Å². The summed E-state index contributed by atoms with van der Waals surface area (Å²) in [5.74, 6) is 1.44. The van der Waals surface area contributed by atoms with Crippen LogP contribution in [-0.4, -0.2) is 6.10 Å². The Morgan fingerprint density at radius 1 is 1.44 bits per heavy atom. The molecule has 1 aliphatic carbocycles. The van der Waals surface area contributed by atoms with Crippen molar-refractivity contribution in [1.29, 1.82) is 5.26 Å². The molecule has 0 aromatic heterocycles. The summed E-state index contributed by atoms with van der Waals surface area (Å²) in [7, 11) is 0. The Morgan fingerprint density at radius 2 is 2.28 bits per heavy atom. The van der Waals surface area contributed by atoms with Gasteiger partial charge >= 0.3 is 0 Å². The van der Waals surface area contributed by atoms with Crippen LogP contribution in [0, 0.1) is 17.2 Å². The number of benzene rings is 1. The average molecular weight is 264 g/mol. The number of rotatable bonds is 3. The lowest BCUT2D eigenvalue weighted by Gasteiger charge is -2.29. The summed E-state index contributed by atoms with van der Waals surface area (Å²) in [5, 5.41) is 9.66. The summed E-state index contributed by atoms with van der Waals surface area (Å²) in [6.07, 6.45) is 6.18. The quantitative estimate of drug-likeness (QED) is 0.801. The van der Waals surface area contributed by atoms with E-state index in [1.807, 2.05) is 0 Å². The van der Waals surface area contributed by atoms with Gasteiger partial charge in [-0.05, 0) is 43.4 Å². The summed E-state index contributed by atoms with van der Waals surface area (Å²) < 4.78 is 5.98. The van der Waals surface area contributed by atoms with E-state index in [0.717, 1.165) is 18.8 Å². The van der Waals surface area contributed by atoms with E-state index in [0.29, 0.717) is 16.3 Å². The highest BCUT2D eigenvalue weighted by molar-refractivity contribution is 6.30. The van der Waals surface area contributed by atoms with Gasteiger partial charge < -0.3 is 4.74 Å². The molecule has 0 saturated heterocycles. The molecule has 1 aromatic rings. The zero-order chi connectivity index (χ0) is 13.0. The third-order valence-corrected chi connectivity index (χ3v) is 3.90. The number of halogens is 1. The number of hydrogen-bond donors (Lipinski definition) is 0. The highest BCUT2D eigenvalue weighted by atomic mass is 35.5. The largest absolute Gasteiger partial charge is 0.489 e. The second kappa shape index (κ2) is 6.11. The van der Waals surface area contributed by atoms with Gasteiger partial charge in [0.2, 0.25) is 0 Å². The van der Waals surface area contributed by atoms with E-state index in [-0.39, 0.29) is 6.10 Å². The van der Waals surface area contributed by atoms with Crippen molar-refractivity contribution in [1.82, 2.24) is 0 Å². The van der Waals surface area contributed by atoms with Gasteiger partial charge in [-0.1, -0.05) is 31.4 Å². The van der Waals surface area contributed by atoms with Crippen molar-refractivity contribution in [3.8, 4) is 11.8 Å². The van der Waals surface area contributed by atoms with E-state index in [2.05, 4.69) is 13.0 Å². The lowest BCUT2D eigenvalue weighted by Crippen LogP contribution is -2.25. The molecule has 0 aliphatic heterocycles. The van der Waals surface area contributed by atoms with E-state index >= 15 is 0 Å². The molecule has 0 spiro atoms. The molecule has 2 unspecified atom stereocenters. The molecule has 3 heteroatoms. The fraction of sp³-hybridized carbons (Fsp3) is 0.533. The molecule has 1 aliphatic rings. The lowest BCUT2D eigenvalue weighted by atomic mass is 9.85. The van der Waals surface area contributed by atoms with Crippen molar-refractivity contribution in [3.05, 3.63) is 28.8 Å². The van der Waals surface area contributed by atoms with Crippen LogP contribution < -0.4 is 4.74 Å². The van der Waals surface area contributed by atoms with Crippen molar-refractivity contribution < 1.29 is 4.74 Å². The minimum Gasteiger partial charge on any atom is -0.489 e. The first kappa shape index (κ1) is 13.2. The molecule has 18 heavy (non-hydrogen) atoms. The molecular formula is C15H18ClNO. The molecule has 0 N–H and O–H groups in total. The van der Waals surface area contributed by atoms with Crippen molar-refractivity contribution >= 4 is 11.6 Å². The summed E-state index contributed by atoms with van der Waals surface area (Å²) in [4.78, 5) is 0. The number of nitriles is 1. The second-order valence-corrected chi connectivity index (χ2v) is 5.37. The molecule has 0 amide bonds. The normalized spacial score (nSPS) is 23.4. The van der Waals surface area contributed by atoms with Crippen LogP contribution in [0.15, 0.2) is 18.2 Å². The lowest BCUT2D eigenvalue weighted by molar-refractivity contribution is 0.122. The number of hydrogen-bond acceptors (Lipinski definition) is 2. The maximum atomic E-state index is 9.08. The molecule has 0 bridgehead atoms. The summed E-state index contributed by atoms with van der Waals surface area (Å²) in [6, 6.07) is 7.38. The van der Waals surface area contributed by atoms with Gasteiger partial charge in [0.05, 0.1) is 11.7 Å². The van der Waals surface area contributed by atoms with Crippen LogP contribution in [0.25, 0.3) is 0 Å². The first-order chi connectivity index (χ1) is 8.72. The molecule has 0 heterocycles. The van der Waals surface area contributed by atoms with Crippen LogP contribution in [0.4, 0.5) is 0 Å². The highest BCUT2D eigenvalue weighted by Crippen LogP contribution is 2.31. The summed E-state index contributed by atoms with van der Waals surface area (Å²) >= 11 is 5.88. The van der Waals surface area contributed by atoms with Crippen LogP contribution in [0.2, 0.25) is 5.02 Å². The molecule has 1 fully saturated rings. The smallest absolute Gasteiger partial charge is 0.137 e. The minimum atomic E-state index is 0.247. The van der Waals surface area contributed by atoms with Gasteiger partial charge in [0.15, 0.2) is 0 Å². The Kier molecular flexibility index (Phi) is 4.49. The van der Waals surface area contributed by atoms with Crippen LogP contribution in [0.3, 0.4) is 0 Å². The minimum absolute atomic E-state index is 0.247. The van der Waals surface area contributed by atoms with Crippen LogP contribution in [0.1, 0.15) is 44.6 Å². The van der Waals surface area contributed by atoms with Crippen molar-refractivity contribution in [2.24, 2.45) is 5.92 Å². The predicted octanol–water partition coefficient (Wildman–Crippen LogP) is 4.56. The Balaban J connectivity index is 2.07. The van der Waals surface area contributed by atoms with E-state index in [1.54, 1.807) is 18.2 Å². The zero-order valence-electron chi connectivity index (χ0n) is 10.7. The van der Waals surface area contributed by atoms with E-state index in [9.17, 15) is 0 Å². The molecule has 1 aromatic carbocycles. The van der Waals surface area contributed by atoms with Gasteiger partial charge in [-0.3, -0.25) is 0 Å². The van der Waals surface area contributed by atoms with E-state index in [4.69, 9.17) is 21.6 Å². The fourth-order valence-corrected chi connectivity index (χ4v) is 2.76. The summed E-state index contributed by atoms with van der Waals surface area (Å²) in [5.41, 5.74) is 0.529. The Bertz CT molecular complexity index is 452. The molecule has 96 valence electrons. The van der Waals surface area contributed by atoms with E-state index < -0.39 is 0 Å². The Morgan fingerprint density at radius 3 is 3.00 bits per heavy atom. The van der Waals surface area contributed by atoms with Crippen LogP contribution in [0.5, 0.6) is 5.75 Å². The number of nitrogens with zero attached hydrogens (tertiary/aromatic N) is 1. The fourth-order valence-electron chi connectivity index (χ4n) is 2.59. The molecule has 1 saturated carbocycles. The van der Waals surface area contributed by atoms with Crippen molar-refractivity contribution in [2.75, 3.05) is 0 Å². The maximum Gasteiger partial charge on any atom is 0.137 e. The van der Waals surface area contributed by atoms with Crippen LogP contribution in [-0.2, 0) is 0 Å². The zero-order valence-corrected chi connectivity index (χ0v) is 11.4. The van der Waals surface area contributed by atoms with Crippen molar-refractivity contribution in [3.63, 3.8) is 0 Å². The predicted molar refractivity (Wildman–Crippen MR) is 72.8 cm³/mol. The van der Waals surface area contributed by atoms with E-state index in [1.165, 1.54) is 19.3 Å². The molecule has 2 nitrogen and oxygen atoms in total. The molecule has 0 radical (unpaired) electrons. The summed E-state index contributed by atoms with van der Waals surface area (Å²) in [6.45, 7) is 2.23. The molecule has 2 atom stereocenters. The first-order valence-electron chi connectivity index (χ1n) is 6.59. The number of ether oxygens (including phenoxy) is 1. The standard InChI is InChI=1S/C15H18ClNO/c1-2-11-4-3-5-14(8-11)18-15-7-6-13(16)9-12(15)10-17/h6-7,9,11,14H,2-5,8H2,1H3. The monoisotopic (exact) mass is 263 g/mol. The Labute approximate surface area is 114 Å². The SMILES string of the molecule is CCC1CCCC(Oc2ccc(Cl)cc2C#N)C1. The van der Waals surface area contributed by atoms with Gasteiger partial charge in [0, 0.05) is 5.02 Å². The van der Waals surface area contributed by atoms with Crippen LogP contribution >= 0.6 is 11.6 Å².